The Morgan fingerprint density at radius 1 is 1.38 bits per heavy atom. The van der Waals surface area contributed by atoms with Crippen LogP contribution in [-0.4, -0.2) is 58.6 Å². The van der Waals surface area contributed by atoms with Gasteiger partial charge in [-0.2, -0.15) is 0 Å². The zero-order valence-corrected chi connectivity index (χ0v) is 10.3. The Balaban J connectivity index is 2.04. The molecule has 1 amide bonds. The number of nitrogens with zero attached hydrogens (tertiary/aromatic N) is 2. The van der Waals surface area contributed by atoms with Crippen molar-refractivity contribution < 1.29 is 9.90 Å². The maximum Gasteiger partial charge on any atom is 0.248 e. The van der Waals surface area contributed by atoms with Gasteiger partial charge < -0.3 is 10.0 Å². The molecule has 2 fully saturated rings. The predicted molar refractivity (Wildman–Crippen MR) is 62.1 cm³/mol. The summed E-state index contributed by atoms with van der Waals surface area (Å²) in [4.78, 5) is 16.0. The fourth-order valence-electron chi connectivity index (χ4n) is 2.97. The topological polar surface area (TPSA) is 43.8 Å². The van der Waals surface area contributed by atoms with Crippen LogP contribution in [0.4, 0.5) is 0 Å². The summed E-state index contributed by atoms with van der Waals surface area (Å²) >= 11 is 0. The van der Waals surface area contributed by atoms with Crippen molar-refractivity contribution >= 4 is 5.91 Å². The molecular formula is C12H22N2O2. The van der Waals surface area contributed by atoms with Crippen molar-refractivity contribution in [1.29, 1.82) is 0 Å². The van der Waals surface area contributed by atoms with E-state index >= 15 is 0 Å². The van der Waals surface area contributed by atoms with E-state index in [1.54, 1.807) is 0 Å². The van der Waals surface area contributed by atoms with Crippen LogP contribution < -0.4 is 0 Å². The number of rotatable bonds is 2. The van der Waals surface area contributed by atoms with Gasteiger partial charge in [0.25, 0.3) is 0 Å². The van der Waals surface area contributed by atoms with Crippen molar-refractivity contribution in [3.8, 4) is 0 Å². The Labute approximate surface area is 97.2 Å². The van der Waals surface area contributed by atoms with Crippen LogP contribution in [0.2, 0.25) is 0 Å². The average Bonchev–Trinajstić information content (AvgIpc) is 2.24. The van der Waals surface area contributed by atoms with Crippen molar-refractivity contribution in [3.63, 3.8) is 0 Å². The molecule has 1 spiro atoms. The van der Waals surface area contributed by atoms with Crippen LogP contribution in [0.25, 0.3) is 0 Å². The van der Waals surface area contributed by atoms with Gasteiger partial charge in [-0.3, -0.25) is 9.69 Å². The molecule has 0 bridgehead atoms. The summed E-state index contributed by atoms with van der Waals surface area (Å²) in [6, 6.07) is 0.554. The van der Waals surface area contributed by atoms with Crippen molar-refractivity contribution in [2.75, 3.05) is 26.2 Å². The summed E-state index contributed by atoms with van der Waals surface area (Å²) in [7, 11) is 0. The number of hydrogen-bond donors (Lipinski definition) is 1. The van der Waals surface area contributed by atoms with Crippen LogP contribution in [0, 0.1) is 0 Å². The number of piperidine rings is 1. The van der Waals surface area contributed by atoms with E-state index in [9.17, 15) is 4.79 Å². The van der Waals surface area contributed by atoms with E-state index in [0.29, 0.717) is 6.04 Å². The van der Waals surface area contributed by atoms with Crippen molar-refractivity contribution in [2.24, 2.45) is 0 Å². The zero-order valence-electron chi connectivity index (χ0n) is 10.3. The summed E-state index contributed by atoms with van der Waals surface area (Å²) in [6.07, 6.45) is 3.39. The predicted octanol–water partition coefficient (Wildman–Crippen LogP) is 0.454. The Morgan fingerprint density at radius 2 is 2.06 bits per heavy atom. The van der Waals surface area contributed by atoms with Crippen LogP contribution >= 0.6 is 0 Å². The molecule has 2 aliphatic rings. The molecule has 0 saturated carbocycles. The average molecular weight is 226 g/mol. The van der Waals surface area contributed by atoms with Crippen molar-refractivity contribution in [2.45, 2.75) is 44.7 Å². The molecule has 2 aliphatic heterocycles. The first-order valence-corrected chi connectivity index (χ1v) is 6.24. The van der Waals surface area contributed by atoms with Gasteiger partial charge in [0.15, 0.2) is 0 Å². The number of amides is 1. The normalized spacial score (nSPS) is 24.9. The second-order valence-corrected chi connectivity index (χ2v) is 5.38. The van der Waals surface area contributed by atoms with E-state index in [-0.39, 0.29) is 18.1 Å². The molecule has 2 saturated heterocycles. The van der Waals surface area contributed by atoms with E-state index in [2.05, 4.69) is 18.7 Å². The minimum Gasteiger partial charge on any atom is -0.387 e. The fraction of sp³-hybridized carbons (Fsp3) is 0.917. The standard InChI is InChI=1S/C12H22N2O2/c1-10(2)13-8-12(9-13)5-3-4-6-14(12)11(16)7-15/h10,15H,3-9H2,1-2H3. The van der Waals surface area contributed by atoms with Crippen molar-refractivity contribution in [1.82, 2.24) is 9.80 Å². The van der Waals surface area contributed by atoms with Gasteiger partial charge in [0, 0.05) is 25.7 Å². The van der Waals surface area contributed by atoms with Gasteiger partial charge in [-0.1, -0.05) is 0 Å². The molecule has 4 heteroatoms. The molecule has 1 N–H and O–H groups in total. The van der Waals surface area contributed by atoms with Crippen molar-refractivity contribution in [3.05, 3.63) is 0 Å². The monoisotopic (exact) mass is 226 g/mol. The van der Waals surface area contributed by atoms with Gasteiger partial charge in [0.05, 0.1) is 5.54 Å². The van der Waals surface area contributed by atoms with Crippen LogP contribution in [0.5, 0.6) is 0 Å². The van der Waals surface area contributed by atoms with Gasteiger partial charge in [-0.25, -0.2) is 0 Å². The summed E-state index contributed by atoms with van der Waals surface area (Å²) in [5.74, 6) is -0.0943. The molecule has 0 radical (unpaired) electrons. The van der Waals surface area contributed by atoms with E-state index in [0.717, 1.165) is 32.5 Å². The van der Waals surface area contributed by atoms with Gasteiger partial charge in [0.2, 0.25) is 5.91 Å². The summed E-state index contributed by atoms with van der Waals surface area (Å²) in [6.45, 7) is 6.82. The molecule has 4 nitrogen and oxygen atoms in total. The largest absolute Gasteiger partial charge is 0.387 e. The first-order chi connectivity index (χ1) is 7.59. The van der Waals surface area contributed by atoms with Crippen LogP contribution in [-0.2, 0) is 4.79 Å². The van der Waals surface area contributed by atoms with Gasteiger partial charge in [0.1, 0.15) is 6.61 Å². The Morgan fingerprint density at radius 3 is 2.62 bits per heavy atom. The molecule has 2 heterocycles. The summed E-state index contributed by atoms with van der Waals surface area (Å²) < 4.78 is 0. The molecule has 16 heavy (non-hydrogen) atoms. The summed E-state index contributed by atoms with van der Waals surface area (Å²) in [5.41, 5.74) is 0.0440. The van der Waals surface area contributed by atoms with E-state index < -0.39 is 0 Å². The molecular weight excluding hydrogens is 204 g/mol. The highest BCUT2D eigenvalue weighted by molar-refractivity contribution is 5.78. The Bertz CT molecular complexity index is 272. The highest BCUT2D eigenvalue weighted by atomic mass is 16.3. The molecule has 92 valence electrons. The minimum absolute atomic E-state index is 0.0440. The molecule has 0 atom stereocenters. The van der Waals surface area contributed by atoms with E-state index in [1.165, 1.54) is 6.42 Å². The lowest BCUT2D eigenvalue weighted by atomic mass is 9.79. The molecule has 0 aromatic heterocycles. The van der Waals surface area contributed by atoms with Crippen LogP contribution in [0.1, 0.15) is 33.1 Å². The van der Waals surface area contributed by atoms with Gasteiger partial charge >= 0.3 is 0 Å². The third kappa shape index (κ3) is 1.84. The third-order valence-electron chi connectivity index (χ3n) is 4.01. The lowest BCUT2D eigenvalue weighted by Gasteiger charge is -2.59. The smallest absolute Gasteiger partial charge is 0.248 e. The van der Waals surface area contributed by atoms with E-state index in [1.807, 2.05) is 4.90 Å². The first kappa shape index (κ1) is 11.9. The lowest BCUT2D eigenvalue weighted by Crippen LogP contribution is -2.73. The molecule has 0 aliphatic carbocycles. The zero-order chi connectivity index (χ0) is 11.8. The number of aliphatic hydroxyl groups excluding tert-OH is 1. The lowest BCUT2D eigenvalue weighted by molar-refractivity contribution is -0.156. The number of carbonyl (C=O) groups is 1. The number of likely N-dealkylation sites (tertiary alicyclic amines) is 2. The number of aliphatic hydroxyl groups is 1. The molecule has 2 rings (SSSR count). The second kappa shape index (κ2) is 4.34. The number of carbonyl (C=O) groups excluding carboxylic acids is 1. The molecule has 0 aromatic carbocycles. The molecule has 0 unspecified atom stereocenters. The van der Waals surface area contributed by atoms with E-state index in [4.69, 9.17) is 5.11 Å². The highest BCUT2D eigenvalue weighted by Gasteiger charge is 2.50. The minimum atomic E-state index is -0.344. The van der Waals surface area contributed by atoms with Crippen LogP contribution in [0.3, 0.4) is 0 Å². The quantitative estimate of drug-likeness (QED) is 0.743. The Hall–Kier alpha value is -0.610. The van der Waals surface area contributed by atoms with Gasteiger partial charge in [-0.15, -0.1) is 0 Å². The van der Waals surface area contributed by atoms with Gasteiger partial charge in [-0.05, 0) is 33.1 Å². The maximum absolute atomic E-state index is 11.7. The molecule has 0 aromatic rings. The number of hydrogen-bond acceptors (Lipinski definition) is 3. The fourth-order valence-corrected chi connectivity index (χ4v) is 2.97. The first-order valence-electron chi connectivity index (χ1n) is 6.24. The highest BCUT2D eigenvalue weighted by Crippen LogP contribution is 2.37. The second-order valence-electron chi connectivity index (χ2n) is 5.38. The summed E-state index contributed by atoms with van der Waals surface area (Å²) in [5, 5.41) is 9.01. The SMILES string of the molecule is CC(C)N1CC2(CCCCN2C(=O)CO)C1. The van der Waals surface area contributed by atoms with Crippen LogP contribution in [0.15, 0.2) is 0 Å². The maximum atomic E-state index is 11.7. The third-order valence-corrected chi connectivity index (χ3v) is 4.01. The Kier molecular flexibility index (Phi) is 3.22.